The Balaban J connectivity index is 0.000000658. The SMILES string of the molecule is CC(NC(=O)[C@H]1C[C@@H](c2ccccc2)CCN1)C(=O)NCc1ccc(C(=N)NC(=O)O)cc1.O=C(O)C(F)(F)F.O=C(O)C(F)(F)F. The molecular formula is C28H31F6N5O8. The van der Waals surface area contributed by atoms with Gasteiger partial charge in [-0.2, -0.15) is 26.3 Å². The zero-order valence-electron chi connectivity index (χ0n) is 24.4. The number of benzene rings is 2. The van der Waals surface area contributed by atoms with Crippen molar-refractivity contribution in [3.63, 3.8) is 0 Å². The van der Waals surface area contributed by atoms with Gasteiger partial charge in [0.1, 0.15) is 11.9 Å². The van der Waals surface area contributed by atoms with Crippen LogP contribution in [0.4, 0.5) is 31.1 Å². The van der Waals surface area contributed by atoms with Gasteiger partial charge in [-0.15, -0.1) is 0 Å². The lowest BCUT2D eigenvalue weighted by atomic mass is 9.86. The highest BCUT2D eigenvalue weighted by Crippen LogP contribution is 2.27. The molecule has 1 aliphatic rings. The molecule has 0 saturated carbocycles. The number of carbonyl (C=O) groups excluding carboxylic acids is 2. The number of amidine groups is 1. The van der Waals surface area contributed by atoms with Crippen LogP contribution in [-0.2, 0) is 25.7 Å². The fourth-order valence-electron chi connectivity index (χ4n) is 3.84. The van der Waals surface area contributed by atoms with E-state index >= 15 is 0 Å². The zero-order valence-corrected chi connectivity index (χ0v) is 24.4. The van der Waals surface area contributed by atoms with Gasteiger partial charge in [-0.3, -0.25) is 20.3 Å². The summed E-state index contributed by atoms with van der Waals surface area (Å²) >= 11 is 0. The lowest BCUT2D eigenvalue weighted by molar-refractivity contribution is -0.193. The highest BCUT2D eigenvalue weighted by atomic mass is 19.4. The van der Waals surface area contributed by atoms with E-state index in [0.29, 0.717) is 17.9 Å². The maximum Gasteiger partial charge on any atom is 0.490 e. The topological polar surface area (TPSA) is 218 Å². The Bertz CT molecular complexity index is 1360. The van der Waals surface area contributed by atoms with E-state index in [4.69, 9.17) is 30.3 Å². The van der Waals surface area contributed by atoms with Crippen LogP contribution in [0.3, 0.4) is 0 Å². The second-order valence-electron chi connectivity index (χ2n) is 9.69. The molecule has 0 bridgehead atoms. The van der Waals surface area contributed by atoms with Gasteiger partial charge in [0, 0.05) is 12.1 Å². The summed E-state index contributed by atoms with van der Waals surface area (Å²) in [5, 5.41) is 41.4. The van der Waals surface area contributed by atoms with E-state index in [2.05, 4.69) is 28.1 Å². The van der Waals surface area contributed by atoms with Gasteiger partial charge in [0.25, 0.3) is 0 Å². The quantitative estimate of drug-likeness (QED) is 0.122. The first-order chi connectivity index (χ1) is 21.7. The Labute approximate surface area is 262 Å². The van der Waals surface area contributed by atoms with Crippen LogP contribution >= 0.6 is 0 Å². The average Bonchev–Trinajstić information content (AvgIpc) is 3.00. The lowest BCUT2D eigenvalue weighted by Gasteiger charge is -2.30. The number of hydrogen-bond donors (Lipinski definition) is 8. The van der Waals surface area contributed by atoms with Crippen LogP contribution in [0.15, 0.2) is 54.6 Å². The number of alkyl halides is 6. The van der Waals surface area contributed by atoms with Crippen molar-refractivity contribution < 1.29 is 65.6 Å². The number of hydrogen-bond acceptors (Lipinski definition) is 7. The summed E-state index contributed by atoms with van der Waals surface area (Å²) in [5.74, 6) is -5.92. The molecule has 1 fully saturated rings. The smallest absolute Gasteiger partial charge is 0.475 e. The molecule has 0 aliphatic carbocycles. The number of amides is 3. The molecule has 8 N–H and O–H groups in total. The second kappa shape index (κ2) is 18.1. The van der Waals surface area contributed by atoms with Crippen molar-refractivity contribution in [2.45, 2.75) is 56.7 Å². The number of carboxylic acids is 2. The maximum atomic E-state index is 12.7. The number of piperidine rings is 1. The molecular weight excluding hydrogens is 648 g/mol. The van der Waals surface area contributed by atoms with Crippen molar-refractivity contribution >= 4 is 35.7 Å². The number of carboxylic acid groups (broad SMARTS) is 3. The monoisotopic (exact) mass is 679 g/mol. The van der Waals surface area contributed by atoms with E-state index in [-0.39, 0.29) is 30.2 Å². The molecule has 19 heteroatoms. The van der Waals surface area contributed by atoms with E-state index in [1.807, 2.05) is 23.5 Å². The molecule has 0 spiro atoms. The molecule has 3 rings (SSSR count). The van der Waals surface area contributed by atoms with Gasteiger partial charge >= 0.3 is 30.4 Å². The molecule has 0 radical (unpaired) electrons. The Morgan fingerprint density at radius 1 is 0.894 bits per heavy atom. The number of halogens is 6. The first-order valence-electron chi connectivity index (χ1n) is 13.4. The molecule has 47 heavy (non-hydrogen) atoms. The van der Waals surface area contributed by atoms with Gasteiger partial charge in [-0.05, 0) is 43.4 Å². The van der Waals surface area contributed by atoms with E-state index in [1.54, 1.807) is 31.2 Å². The molecule has 3 amide bonds. The normalized spacial score (nSPS) is 16.4. The van der Waals surface area contributed by atoms with Crippen LogP contribution in [0.2, 0.25) is 0 Å². The first-order valence-corrected chi connectivity index (χ1v) is 13.4. The third kappa shape index (κ3) is 15.1. The second-order valence-corrected chi connectivity index (χ2v) is 9.69. The zero-order chi connectivity index (χ0) is 35.9. The fourth-order valence-corrected chi connectivity index (χ4v) is 3.84. The highest BCUT2D eigenvalue weighted by molar-refractivity contribution is 6.04. The summed E-state index contributed by atoms with van der Waals surface area (Å²) in [6, 6.07) is 15.7. The van der Waals surface area contributed by atoms with Crippen LogP contribution < -0.4 is 21.3 Å². The number of rotatable bonds is 7. The highest BCUT2D eigenvalue weighted by Gasteiger charge is 2.39. The lowest BCUT2D eigenvalue weighted by Crippen LogP contribution is -2.53. The Morgan fingerprint density at radius 2 is 1.40 bits per heavy atom. The van der Waals surface area contributed by atoms with Gasteiger partial charge in [0.05, 0.1) is 6.04 Å². The van der Waals surface area contributed by atoms with Gasteiger partial charge in [-0.1, -0.05) is 54.6 Å². The molecule has 0 aromatic heterocycles. The van der Waals surface area contributed by atoms with Crippen molar-refractivity contribution in [3.8, 4) is 0 Å². The van der Waals surface area contributed by atoms with Crippen LogP contribution in [0.5, 0.6) is 0 Å². The minimum Gasteiger partial charge on any atom is -0.475 e. The molecule has 1 unspecified atom stereocenters. The molecule has 13 nitrogen and oxygen atoms in total. The minimum atomic E-state index is -5.08. The van der Waals surface area contributed by atoms with Crippen molar-refractivity contribution in [2.24, 2.45) is 0 Å². The molecule has 3 atom stereocenters. The summed E-state index contributed by atoms with van der Waals surface area (Å²) in [6.07, 6.45) is -9.82. The summed E-state index contributed by atoms with van der Waals surface area (Å²) in [5.41, 5.74) is 2.43. The number of aliphatic carboxylic acids is 2. The summed E-state index contributed by atoms with van der Waals surface area (Å²) in [6.45, 7) is 2.64. The van der Waals surface area contributed by atoms with Crippen LogP contribution in [0, 0.1) is 5.41 Å². The van der Waals surface area contributed by atoms with Crippen molar-refractivity contribution in [1.82, 2.24) is 21.3 Å². The molecule has 1 aliphatic heterocycles. The van der Waals surface area contributed by atoms with E-state index in [1.165, 1.54) is 5.56 Å². The van der Waals surface area contributed by atoms with Gasteiger partial charge in [0.15, 0.2) is 0 Å². The predicted octanol–water partition coefficient (Wildman–Crippen LogP) is 3.20. The van der Waals surface area contributed by atoms with E-state index in [0.717, 1.165) is 18.5 Å². The standard InChI is InChI=1S/C24H29N5O4.2C2HF3O2/c1-15(22(30)27-14-16-7-9-18(10-8-16)21(25)29-24(32)33)28-23(31)20-13-19(11-12-26-20)17-5-3-2-4-6-17;2*3-2(4,5)1(6)7/h2-10,15,19-20,26H,11-14H2,1H3,(H2,25,29)(H,27,30)(H,28,31)(H,32,33);2*(H,6,7)/t15?,19-,20+;;/m0../s1. The minimum absolute atomic E-state index is 0.188. The van der Waals surface area contributed by atoms with Gasteiger partial charge < -0.3 is 31.3 Å². The van der Waals surface area contributed by atoms with Crippen molar-refractivity contribution in [1.29, 1.82) is 5.41 Å². The maximum absolute atomic E-state index is 12.7. The molecule has 1 heterocycles. The summed E-state index contributed by atoms with van der Waals surface area (Å²) in [4.78, 5) is 53.6. The van der Waals surface area contributed by atoms with Gasteiger partial charge in [0.2, 0.25) is 11.8 Å². The third-order valence-electron chi connectivity index (χ3n) is 6.17. The van der Waals surface area contributed by atoms with Crippen molar-refractivity contribution in [2.75, 3.05) is 6.54 Å². The largest absolute Gasteiger partial charge is 0.490 e. The fraction of sp³-hybridized carbons (Fsp3) is 0.357. The Hall–Kier alpha value is -5.20. The van der Waals surface area contributed by atoms with Crippen LogP contribution in [-0.4, -0.2) is 82.0 Å². The number of nitrogens with one attached hydrogen (secondary N) is 5. The average molecular weight is 680 g/mol. The molecule has 2 aromatic rings. The Kier molecular flexibility index (Phi) is 15.3. The van der Waals surface area contributed by atoms with Crippen LogP contribution in [0.25, 0.3) is 0 Å². The first kappa shape index (κ1) is 39.8. The van der Waals surface area contributed by atoms with Gasteiger partial charge in [-0.25, -0.2) is 14.4 Å². The van der Waals surface area contributed by atoms with E-state index < -0.39 is 36.4 Å². The van der Waals surface area contributed by atoms with E-state index in [9.17, 15) is 40.7 Å². The number of carbonyl (C=O) groups is 5. The van der Waals surface area contributed by atoms with Crippen molar-refractivity contribution in [3.05, 3.63) is 71.3 Å². The Morgan fingerprint density at radius 3 is 1.87 bits per heavy atom. The summed E-state index contributed by atoms with van der Waals surface area (Å²) in [7, 11) is 0. The third-order valence-corrected chi connectivity index (χ3v) is 6.17. The molecule has 2 aromatic carbocycles. The van der Waals surface area contributed by atoms with Crippen LogP contribution in [0.1, 0.15) is 42.4 Å². The summed E-state index contributed by atoms with van der Waals surface area (Å²) < 4.78 is 63.5. The molecule has 258 valence electrons. The molecule has 1 saturated heterocycles. The predicted molar refractivity (Wildman–Crippen MR) is 151 cm³/mol.